The minimum atomic E-state index is 0.483. The lowest BCUT2D eigenvalue weighted by Crippen LogP contribution is -2.34. The van der Waals surface area contributed by atoms with E-state index in [1.165, 1.54) is 50.2 Å². The molecular formula is C19H31N7. The van der Waals surface area contributed by atoms with Crippen LogP contribution in [-0.4, -0.2) is 60.9 Å². The van der Waals surface area contributed by atoms with Gasteiger partial charge in [0.05, 0.1) is 30.0 Å². The van der Waals surface area contributed by atoms with E-state index < -0.39 is 0 Å². The molecule has 0 spiro atoms. The van der Waals surface area contributed by atoms with E-state index in [4.69, 9.17) is 0 Å². The maximum absolute atomic E-state index is 4.45. The van der Waals surface area contributed by atoms with Crippen LogP contribution >= 0.6 is 0 Å². The number of H-pyrrole nitrogens is 1. The number of aromatic nitrogens is 5. The van der Waals surface area contributed by atoms with Gasteiger partial charge in [0, 0.05) is 31.9 Å². The molecule has 7 nitrogen and oxygen atoms in total. The van der Waals surface area contributed by atoms with E-state index in [0.717, 1.165) is 44.7 Å². The minimum absolute atomic E-state index is 0.483. The summed E-state index contributed by atoms with van der Waals surface area (Å²) in [6, 6.07) is 0.483. The summed E-state index contributed by atoms with van der Waals surface area (Å²) >= 11 is 0. The number of nitrogens with zero attached hydrogens (tertiary/aromatic N) is 6. The molecule has 2 fully saturated rings. The minimum Gasteiger partial charge on any atom is -0.348 e. The number of hydrogen-bond acceptors (Lipinski definition) is 5. The summed E-state index contributed by atoms with van der Waals surface area (Å²) in [4.78, 5) is 12.6. The van der Waals surface area contributed by atoms with Crippen LogP contribution in [0.1, 0.15) is 61.6 Å². The number of hydrogen-bond donors (Lipinski definition) is 1. The highest BCUT2D eigenvalue weighted by molar-refractivity contribution is 5.08. The molecule has 142 valence electrons. The van der Waals surface area contributed by atoms with Crippen molar-refractivity contribution in [3.8, 4) is 0 Å². The SMILES string of the molecule is Cc1[nH]cnc1CN1CCC(n2cc(CN3CCCCCC3)nn2)CC1. The molecule has 4 heterocycles. The zero-order chi connectivity index (χ0) is 17.8. The number of likely N-dealkylation sites (tertiary alicyclic amines) is 2. The number of rotatable bonds is 5. The van der Waals surface area contributed by atoms with Crippen LogP contribution in [0.5, 0.6) is 0 Å². The highest BCUT2D eigenvalue weighted by Crippen LogP contribution is 2.23. The van der Waals surface area contributed by atoms with E-state index in [2.05, 4.69) is 47.9 Å². The van der Waals surface area contributed by atoms with Crippen LogP contribution in [0.2, 0.25) is 0 Å². The van der Waals surface area contributed by atoms with Gasteiger partial charge in [-0.2, -0.15) is 0 Å². The second kappa shape index (κ2) is 8.31. The summed E-state index contributed by atoms with van der Waals surface area (Å²) in [5.41, 5.74) is 3.48. The van der Waals surface area contributed by atoms with Gasteiger partial charge in [-0.25, -0.2) is 9.67 Å². The van der Waals surface area contributed by atoms with Gasteiger partial charge in [-0.15, -0.1) is 5.10 Å². The average Bonchev–Trinajstić information content (AvgIpc) is 3.19. The number of aryl methyl sites for hydroxylation is 1. The fourth-order valence-corrected chi connectivity index (χ4v) is 4.19. The maximum Gasteiger partial charge on any atom is 0.0967 e. The Hall–Kier alpha value is -1.73. The number of piperidine rings is 1. The molecule has 1 N–H and O–H groups in total. The number of nitrogens with one attached hydrogen (secondary N) is 1. The van der Waals surface area contributed by atoms with Crippen molar-refractivity contribution in [1.82, 2.24) is 34.8 Å². The third-order valence-electron chi connectivity index (χ3n) is 5.88. The quantitative estimate of drug-likeness (QED) is 0.891. The molecule has 2 aliphatic rings. The van der Waals surface area contributed by atoms with Crippen LogP contribution in [0, 0.1) is 6.92 Å². The molecule has 26 heavy (non-hydrogen) atoms. The molecule has 2 saturated heterocycles. The molecule has 0 aliphatic carbocycles. The van der Waals surface area contributed by atoms with Crippen molar-refractivity contribution in [3.05, 3.63) is 29.6 Å². The van der Waals surface area contributed by atoms with E-state index in [1.807, 2.05) is 0 Å². The molecule has 0 radical (unpaired) electrons. The third-order valence-corrected chi connectivity index (χ3v) is 5.88. The van der Waals surface area contributed by atoms with Crippen LogP contribution in [0.15, 0.2) is 12.5 Å². The van der Waals surface area contributed by atoms with Crippen molar-refractivity contribution in [2.75, 3.05) is 26.2 Å². The van der Waals surface area contributed by atoms with E-state index in [0.29, 0.717) is 6.04 Å². The Morgan fingerprint density at radius 2 is 1.73 bits per heavy atom. The Kier molecular flexibility index (Phi) is 5.65. The van der Waals surface area contributed by atoms with Crippen molar-refractivity contribution >= 4 is 0 Å². The first-order valence-corrected chi connectivity index (χ1v) is 10.1. The Morgan fingerprint density at radius 3 is 2.42 bits per heavy atom. The first-order chi connectivity index (χ1) is 12.8. The zero-order valence-electron chi connectivity index (χ0n) is 15.9. The van der Waals surface area contributed by atoms with Gasteiger partial charge in [-0.05, 0) is 45.7 Å². The Morgan fingerprint density at radius 1 is 1.00 bits per heavy atom. The zero-order valence-corrected chi connectivity index (χ0v) is 15.9. The fourth-order valence-electron chi connectivity index (χ4n) is 4.19. The molecule has 4 rings (SSSR count). The van der Waals surface area contributed by atoms with Gasteiger partial charge in [0.1, 0.15) is 0 Å². The maximum atomic E-state index is 4.45. The smallest absolute Gasteiger partial charge is 0.0967 e. The summed E-state index contributed by atoms with van der Waals surface area (Å²) < 4.78 is 2.12. The van der Waals surface area contributed by atoms with Crippen molar-refractivity contribution in [2.24, 2.45) is 0 Å². The van der Waals surface area contributed by atoms with Crippen LogP contribution in [0.3, 0.4) is 0 Å². The lowest BCUT2D eigenvalue weighted by molar-refractivity contribution is 0.170. The first-order valence-electron chi connectivity index (χ1n) is 10.1. The molecule has 2 aromatic rings. The standard InChI is InChI=1S/C19H31N7/c1-16-19(21-15-20-16)14-25-10-6-18(7-11-25)26-13-17(22-23-26)12-24-8-4-2-3-5-9-24/h13,15,18H,2-12,14H2,1H3,(H,20,21). The third kappa shape index (κ3) is 4.32. The van der Waals surface area contributed by atoms with Gasteiger partial charge < -0.3 is 4.98 Å². The van der Waals surface area contributed by atoms with Gasteiger partial charge in [0.25, 0.3) is 0 Å². The van der Waals surface area contributed by atoms with Crippen molar-refractivity contribution in [2.45, 2.75) is 64.6 Å². The van der Waals surface area contributed by atoms with Gasteiger partial charge in [-0.1, -0.05) is 18.1 Å². The average molecular weight is 358 g/mol. The van der Waals surface area contributed by atoms with Crippen molar-refractivity contribution < 1.29 is 0 Å². The highest BCUT2D eigenvalue weighted by Gasteiger charge is 2.23. The Balaban J connectivity index is 1.28. The summed E-state index contributed by atoms with van der Waals surface area (Å²) in [6.07, 6.45) is 11.6. The second-order valence-corrected chi connectivity index (χ2v) is 7.86. The normalized spacial score (nSPS) is 21.1. The molecule has 7 heteroatoms. The summed E-state index contributed by atoms with van der Waals surface area (Å²) in [5.74, 6) is 0. The van der Waals surface area contributed by atoms with Crippen molar-refractivity contribution in [1.29, 1.82) is 0 Å². The Bertz CT molecular complexity index is 676. The van der Waals surface area contributed by atoms with Gasteiger partial charge in [0.2, 0.25) is 0 Å². The van der Waals surface area contributed by atoms with Gasteiger partial charge in [0.15, 0.2) is 0 Å². The fraction of sp³-hybridized carbons (Fsp3) is 0.737. The van der Waals surface area contributed by atoms with Crippen LogP contribution in [0.4, 0.5) is 0 Å². The lowest BCUT2D eigenvalue weighted by atomic mass is 10.1. The molecule has 0 aromatic carbocycles. The van der Waals surface area contributed by atoms with E-state index in [1.54, 1.807) is 6.33 Å². The second-order valence-electron chi connectivity index (χ2n) is 7.86. The molecular weight excluding hydrogens is 326 g/mol. The summed E-state index contributed by atoms with van der Waals surface area (Å²) in [5, 5.41) is 8.90. The molecule has 0 bridgehead atoms. The molecule has 0 atom stereocenters. The van der Waals surface area contributed by atoms with Gasteiger partial charge in [-0.3, -0.25) is 9.80 Å². The summed E-state index contributed by atoms with van der Waals surface area (Å²) in [7, 11) is 0. The molecule has 0 saturated carbocycles. The monoisotopic (exact) mass is 357 g/mol. The van der Waals surface area contributed by atoms with E-state index >= 15 is 0 Å². The lowest BCUT2D eigenvalue weighted by Gasteiger charge is -2.31. The van der Waals surface area contributed by atoms with Crippen molar-refractivity contribution in [3.63, 3.8) is 0 Å². The number of imidazole rings is 1. The molecule has 2 aromatic heterocycles. The predicted molar refractivity (Wildman–Crippen MR) is 101 cm³/mol. The topological polar surface area (TPSA) is 65.9 Å². The first kappa shape index (κ1) is 17.7. The predicted octanol–water partition coefficient (Wildman–Crippen LogP) is 2.52. The van der Waals surface area contributed by atoms with E-state index in [9.17, 15) is 0 Å². The van der Waals surface area contributed by atoms with E-state index in [-0.39, 0.29) is 0 Å². The van der Waals surface area contributed by atoms with Crippen LogP contribution in [0.25, 0.3) is 0 Å². The Labute approximate surface area is 155 Å². The summed E-state index contributed by atoms with van der Waals surface area (Å²) in [6.45, 7) is 8.60. The van der Waals surface area contributed by atoms with Crippen LogP contribution in [-0.2, 0) is 13.1 Å². The number of aromatic amines is 1. The molecule has 2 aliphatic heterocycles. The van der Waals surface area contributed by atoms with Crippen LogP contribution < -0.4 is 0 Å². The molecule has 0 unspecified atom stereocenters. The molecule has 0 amide bonds. The van der Waals surface area contributed by atoms with Gasteiger partial charge >= 0.3 is 0 Å². The largest absolute Gasteiger partial charge is 0.348 e. The highest BCUT2D eigenvalue weighted by atomic mass is 15.4.